The molecule has 5 nitrogen and oxygen atoms in total. The first kappa shape index (κ1) is 12.7. The van der Waals surface area contributed by atoms with E-state index in [1.807, 2.05) is 11.1 Å². The van der Waals surface area contributed by atoms with Gasteiger partial charge in [0.15, 0.2) is 0 Å². The number of hydrogen-bond acceptors (Lipinski definition) is 3. The van der Waals surface area contributed by atoms with Gasteiger partial charge in [-0.25, -0.2) is 4.98 Å². The third kappa shape index (κ3) is 2.52. The largest absolute Gasteiger partial charge is 0.508 e. The maximum absolute atomic E-state index is 12.5. The van der Waals surface area contributed by atoms with Gasteiger partial charge < -0.3 is 15.0 Å². The van der Waals surface area contributed by atoms with Crippen molar-refractivity contribution in [3.8, 4) is 5.75 Å². The Morgan fingerprint density at radius 3 is 3.10 bits per heavy atom. The normalized spacial score (nSPS) is 19.0. The lowest BCUT2D eigenvalue weighted by Crippen LogP contribution is -2.39. The molecule has 1 aliphatic heterocycles. The van der Waals surface area contributed by atoms with Crippen LogP contribution in [-0.2, 0) is 0 Å². The summed E-state index contributed by atoms with van der Waals surface area (Å²) in [6.45, 7) is 1.42. The van der Waals surface area contributed by atoms with Crippen molar-refractivity contribution in [3.05, 3.63) is 48.0 Å². The van der Waals surface area contributed by atoms with Crippen LogP contribution in [0.25, 0.3) is 0 Å². The molecule has 0 saturated carbocycles. The van der Waals surface area contributed by atoms with Gasteiger partial charge in [0.25, 0.3) is 5.91 Å². The molecule has 1 aliphatic rings. The van der Waals surface area contributed by atoms with Gasteiger partial charge in [0.2, 0.25) is 0 Å². The highest BCUT2D eigenvalue weighted by molar-refractivity contribution is 5.94. The molecule has 1 aromatic carbocycles. The minimum atomic E-state index is -0.0304. The molecule has 1 fully saturated rings. The van der Waals surface area contributed by atoms with Crippen LogP contribution in [0.3, 0.4) is 0 Å². The van der Waals surface area contributed by atoms with Crippen LogP contribution in [0.4, 0.5) is 0 Å². The fourth-order valence-corrected chi connectivity index (χ4v) is 2.71. The van der Waals surface area contributed by atoms with Crippen molar-refractivity contribution in [2.75, 3.05) is 13.1 Å². The number of phenolic OH excluding ortho intramolecular Hbond substituents is 1. The molecule has 3 rings (SSSR count). The van der Waals surface area contributed by atoms with Crippen LogP contribution in [0.2, 0.25) is 0 Å². The first-order valence-electron chi connectivity index (χ1n) is 6.81. The van der Waals surface area contributed by atoms with Crippen molar-refractivity contribution >= 4 is 5.91 Å². The average Bonchev–Trinajstić information content (AvgIpc) is 3.01. The summed E-state index contributed by atoms with van der Waals surface area (Å²) in [5.74, 6) is 1.30. The summed E-state index contributed by atoms with van der Waals surface area (Å²) < 4.78 is 0. The fourth-order valence-electron chi connectivity index (χ4n) is 2.71. The number of rotatable bonds is 2. The molecule has 1 aromatic heterocycles. The van der Waals surface area contributed by atoms with Crippen molar-refractivity contribution in [2.24, 2.45) is 0 Å². The number of aromatic nitrogens is 2. The number of carbonyl (C=O) groups is 1. The minimum Gasteiger partial charge on any atom is -0.508 e. The minimum absolute atomic E-state index is 0.0304. The van der Waals surface area contributed by atoms with E-state index in [0.29, 0.717) is 12.1 Å². The number of phenols is 1. The van der Waals surface area contributed by atoms with Gasteiger partial charge >= 0.3 is 0 Å². The number of aromatic hydroxyl groups is 1. The molecule has 0 radical (unpaired) electrons. The molecule has 2 heterocycles. The number of hydrogen-bond donors (Lipinski definition) is 2. The fraction of sp³-hybridized carbons (Fsp3) is 0.333. The Morgan fingerprint density at radius 1 is 1.45 bits per heavy atom. The van der Waals surface area contributed by atoms with Crippen LogP contribution in [0.15, 0.2) is 36.7 Å². The molecule has 0 bridgehead atoms. The molecule has 2 N–H and O–H groups in total. The second-order valence-corrected chi connectivity index (χ2v) is 5.12. The van der Waals surface area contributed by atoms with Gasteiger partial charge in [-0.3, -0.25) is 4.79 Å². The number of imidazole rings is 1. The molecular weight excluding hydrogens is 254 g/mol. The predicted octanol–water partition coefficient (Wildman–Crippen LogP) is 2.14. The van der Waals surface area contributed by atoms with Crippen LogP contribution in [0.5, 0.6) is 5.75 Å². The van der Waals surface area contributed by atoms with Crippen LogP contribution < -0.4 is 0 Å². The number of nitrogens with zero attached hydrogens (tertiary/aromatic N) is 2. The lowest BCUT2D eigenvalue weighted by molar-refractivity contribution is 0.0704. The molecule has 2 aromatic rings. The van der Waals surface area contributed by atoms with Crippen molar-refractivity contribution in [1.29, 1.82) is 0 Å². The molecular formula is C15H17N3O2. The van der Waals surface area contributed by atoms with E-state index in [1.165, 1.54) is 6.07 Å². The molecule has 1 atom stereocenters. The number of benzene rings is 1. The smallest absolute Gasteiger partial charge is 0.254 e. The second kappa shape index (κ2) is 5.36. The van der Waals surface area contributed by atoms with Crippen molar-refractivity contribution < 1.29 is 9.90 Å². The van der Waals surface area contributed by atoms with E-state index < -0.39 is 0 Å². The molecule has 1 unspecified atom stereocenters. The summed E-state index contributed by atoms with van der Waals surface area (Å²) in [5, 5.41) is 9.48. The van der Waals surface area contributed by atoms with E-state index in [2.05, 4.69) is 9.97 Å². The highest BCUT2D eigenvalue weighted by Crippen LogP contribution is 2.25. The zero-order valence-corrected chi connectivity index (χ0v) is 11.1. The summed E-state index contributed by atoms with van der Waals surface area (Å²) in [5.41, 5.74) is 0.532. The molecule has 104 valence electrons. The monoisotopic (exact) mass is 271 g/mol. The zero-order chi connectivity index (χ0) is 13.9. The van der Waals surface area contributed by atoms with Crippen molar-refractivity contribution in [2.45, 2.75) is 18.8 Å². The van der Waals surface area contributed by atoms with Gasteiger partial charge in [0, 0.05) is 37.0 Å². The summed E-state index contributed by atoms with van der Waals surface area (Å²) in [6, 6.07) is 6.51. The highest BCUT2D eigenvalue weighted by Gasteiger charge is 2.26. The third-order valence-corrected chi connectivity index (χ3v) is 3.71. The van der Waals surface area contributed by atoms with Crippen LogP contribution >= 0.6 is 0 Å². The molecule has 5 heteroatoms. The van der Waals surface area contributed by atoms with E-state index in [0.717, 1.165) is 25.2 Å². The SMILES string of the molecule is O=C(c1cccc(O)c1)N1CCCC(c2ncc[nH]2)C1. The van der Waals surface area contributed by atoms with Crippen LogP contribution in [-0.4, -0.2) is 39.0 Å². The molecule has 1 saturated heterocycles. The lowest BCUT2D eigenvalue weighted by atomic mass is 9.96. The first-order chi connectivity index (χ1) is 9.74. The topological polar surface area (TPSA) is 69.2 Å². The Morgan fingerprint density at radius 2 is 2.35 bits per heavy atom. The van der Waals surface area contributed by atoms with E-state index in [1.54, 1.807) is 24.4 Å². The van der Waals surface area contributed by atoms with E-state index in [4.69, 9.17) is 0 Å². The lowest BCUT2D eigenvalue weighted by Gasteiger charge is -2.32. The Kier molecular flexibility index (Phi) is 3.41. The third-order valence-electron chi connectivity index (χ3n) is 3.71. The molecule has 1 amide bonds. The summed E-state index contributed by atoms with van der Waals surface area (Å²) in [6.07, 6.45) is 5.56. The first-order valence-corrected chi connectivity index (χ1v) is 6.81. The number of carbonyl (C=O) groups excluding carboxylic acids is 1. The number of nitrogens with one attached hydrogen (secondary N) is 1. The summed E-state index contributed by atoms with van der Waals surface area (Å²) in [4.78, 5) is 21.7. The quantitative estimate of drug-likeness (QED) is 0.879. The van der Waals surface area contributed by atoms with Gasteiger partial charge in [-0.2, -0.15) is 0 Å². The maximum atomic E-state index is 12.5. The van der Waals surface area contributed by atoms with Gasteiger partial charge in [-0.05, 0) is 31.0 Å². The Labute approximate surface area is 117 Å². The predicted molar refractivity (Wildman–Crippen MR) is 74.6 cm³/mol. The number of piperidine rings is 1. The molecule has 0 spiro atoms. The number of likely N-dealkylation sites (tertiary alicyclic amines) is 1. The van der Waals surface area contributed by atoms with Gasteiger partial charge in [0.1, 0.15) is 11.6 Å². The molecule has 20 heavy (non-hydrogen) atoms. The number of H-pyrrole nitrogens is 1. The number of amides is 1. The van der Waals surface area contributed by atoms with E-state index in [-0.39, 0.29) is 17.6 Å². The Balaban J connectivity index is 1.75. The van der Waals surface area contributed by atoms with Crippen molar-refractivity contribution in [1.82, 2.24) is 14.9 Å². The average molecular weight is 271 g/mol. The summed E-state index contributed by atoms with van der Waals surface area (Å²) in [7, 11) is 0. The molecule has 0 aliphatic carbocycles. The van der Waals surface area contributed by atoms with Crippen LogP contribution in [0.1, 0.15) is 34.9 Å². The standard InChI is InChI=1S/C15H17N3O2/c19-13-5-1-3-11(9-13)15(20)18-8-2-4-12(10-18)14-16-6-7-17-14/h1,3,5-7,9,12,19H,2,4,8,10H2,(H,16,17). The zero-order valence-electron chi connectivity index (χ0n) is 11.1. The van der Waals surface area contributed by atoms with Crippen LogP contribution in [0, 0.1) is 0 Å². The van der Waals surface area contributed by atoms with Gasteiger partial charge in [-0.15, -0.1) is 0 Å². The van der Waals surface area contributed by atoms with Gasteiger partial charge in [0.05, 0.1) is 0 Å². The second-order valence-electron chi connectivity index (χ2n) is 5.12. The number of aromatic amines is 1. The maximum Gasteiger partial charge on any atom is 0.254 e. The highest BCUT2D eigenvalue weighted by atomic mass is 16.3. The summed E-state index contributed by atoms with van der Waals surface area (Å²) >= 11 is 0. The van der Waals surface area contributed by atoms with Crippen molar-refractivity contribution in [3.63, 3.8) is 0 Å². The Bertz CT molecular complexity index is 595. The van der Waals surface area contributed by atoms with E-state index >= 15 is 0 Å². The Hall–Kier alpha value is -2.30. The van der Waals surface area contributed by atoms with E-state index in [9.17, 15) is 9.90 Å². The van der Waals surface area contributed by atoms with Gasteiger partial charge in [-0.1, -0.05) is 6.07 Å².